The van der Waals surface area contributed by atoms with Crippen molar-refractivity contribution in [2.24, 2.45) is 5.73 Å². The van der Waals surface area contributed by atoms with Crippen LogP contribution in [0.5, 0.6) is 0 Å². The molecule has 5 heteroatoms. The van der Waals surface area contributed by atoms with Crippen molar-refractivity contribution in [1.29, 1.82) is 0 Å². The topological polar surface area (TPSA) is 44.5 Å². The highest BCUT2D eigenvalue weighted by Gasteiger charge is 2.22. The van der Waals surface area contributed by atoms with E-state index < -0.39 is 0 Å². The maximum Gasteiger partial charge on any atom is 0.130 e. The number of rotatable bonds is 29. The summed E-state index contributed by atoms with van der Waals surface area (Å²) in [4.78, 5) is 0. The summed E-state index contributed by atoms with van der Waals surface area (Å²) in [5.74, 6) is 0. The molecule has 0 rings (SSSR count). The second-order valence-corrected chi connectivity index (χ2v) is 11.6. The molecule has 0 saturated heterocycles. The number of likely N-dealkylation sites (N-methyl/N-ethyl adjacent to an activating group) is 1. The number of hydrogen-bond acceptors (Lipinski definition) is 3. The molecular weight excluding hydrogens is 512 g/mol. The molecule has 220 valence electrons. The van der Waals surface area contributed by atoms with Crippen LogP contribution in [0.3, 0.4) is 0 Å². The van der Waals surface area contributed by atoms with E-state index in [-0.39, 0.29) is 23.1 Å². The molecule has 0 aromatic carbocycles. The molecule has 0 bridgehead atoms. The molecule has 0 amide bonds. The van der Waals surface area contributed by atoms with Crippen molar-refractivity contribution in [3.8, 4) is 0 Å². The Morgan fingerprint density at radius 3 is 1.39 bits per heavy atom. The van der Waals surface area contributed by atoms with Gasteiger partial charge in [-0.15, -0.1) is 0 Å². The largest absolute Gasteiger partial charge is 1.00 e. The zero-order valence-corrected chi connectivity index (χ0v) is 26.8. The van der Waals surface area contributed by atoms with Gasteiger partial charge in [0.2, 0.25) is 0 Å². The lowest BCUT2D eigenvalue weighted by Crippen LogP contribution is -3.00. The van der Waals surface area contributed by atoms with E-state index in [0.29, 0.717) is 0 Å². The summed E-state index contributed by atoms with van der Waals surface area (Å²) in [6.45, 7) is 9.72. The number of quaternary nitrogens is 1. The number of unbranched alkanes of at least 4 members (excludes halogenated alkanes) is 18. The predicted octanol–water partition coefficient (Wildman–Crippen LogP) is 5.27. The quantitative estimate of drug-likeness (QED) is 0.0971. The lowest BCUT2D eigenvalue weighted by atomic mass is 10.1. The summed E-state index contributed by atoms with van der Waals surface area (Å²) in [7, 11) is 4.51. The van der Waals surface area contributed by atoms with E-state index in [9.17, 15) is 0 Å². The van der Waals surface area contributed by atoms with Gasteiger partial charge in [-0.2, -0.15) is 0 Å². The van der Waals surface area contributed by atoms with Crippen LogP contribution in [0.4, 0.5) is 0 Å². The average Bonchev–Trinajstić information content (AvgIpc) is 2.82. The van der Waals surface area contributed by atoms with Crippen molar-refractivity contribution in [2.45, 2.75) is 148 Å². The Morgan fingerprint density at radius 2 is 0.972 bits per heavy atom. The molecule has 0 radical (unpaired) electrons. The van der Waals surface area contributed by atoms with Crippen LogP contribution >= 0.6 is 0 Å². The molecule has 1 atom stereocenters. The Balaban J connectivity index is 0. The Morgan fingerprint density at radius 1 is 0.583 bits per heavy atom. The first-order chi connectivity index (χ1) is 17.1. The van der Waals surface area contributed by atoms with Crippen molar-refractivity contribution in [3.63, 3.8) is 0 Å². The highest BCUT2D eigenvalue weighted by Crippen LogP contribution is 2.13. The molecule has 0 saturated carbocycles. The zero-order chi connectivity index (χ0) is 25.9. The van der Waals surface area contributed by atoms with E-state index in [4.69, 9.17) is 15.2 Å². The van der Waals surface area contributed by atoms with Gasteiger partial charge in [-0.05, 0) is 12.8 Å². The molecular formula is C31H67BrN2O2. The Labute approximate surface area is 238 Å². The Kier molecular flexibility index (Phi) is 31.9. The monoisotopic (exact) mass is 578 g/mol. The van der Waals surface area contributed by atoms with Crippen LogP contribution in [-0.2, 0) is 9.47 Å². The SMILES string of the molecule is CCCCCCCCCCCCOCC(C[N+](C)(C)CCN)OCCCCCCCCCCCC.[Br-]. The second kappa shape index (κ2) is 29.9. The van der Waals surface area contributed by atoms with E-state index in [1.54, 1.807) is 0 Å². The molecule has 0 aliphatic carbocycles. The number of nitrogens with two attached hydrogens (primary N) is 1. The maximum atomic E-state index is 6.31. The summed E-state index contributed by atoms with van der Waals surface area (Å²) < 4.78 is 13.3. The van der Waals surface area contributed by atoms with E-state index in [0.717, 1.165) is 43.9 Å². The predicted molar refractivity (Wildman–Crippen MR) is 155 cm³/mol. The first-order valence-electron chi connectivity index (χ1n) is 15.8. The van der Waals surface area contributed by atoms with E-state index in [1.165, 1.54) is 128 Å². The first kappa shape index (κ1) is 38.5. The fraction of sp³-hybridized carbons (Fsp3) is 1.00. The fourth-order valence-electron chi connectivity index (χ4n) is 4.89. The molecule has 0 aliphatic rings. The lowest BCUT2D eigenvalue weighted by molar-refractivity contribution is -0.892. The van der Waals surface area contributed by atoms with Crippen molar-refractivity contribution in [1.82, 2.24) is 0 Å². The minimum Gasteiger partial charge on any atom is -1.00 e. The normalized spacial score (nSPS) is 12.6. The number of halogens is 1. The third kappa shape index (κ3) is 28.9. The summed E-state index contributed by atoms with van der Waals surface area (Å²) in [5, 5.41) is 0. The van der Waals surface area contributed by atoms with E-state index in [1.807, 2.05) is 0 Å². The fourth-order valence-corrected chi connectivity index (χ4v) is 4.89. The standard InChI is InChI=1S/C31H67N2O2.BrH/c1-5-7-9-11-13-15-17-19-21-23-27-34-30-31(29-33(3,4)26-25-32)35-28-24-22-20-18-16-14-12-10-8-6-2;/h31H,5-30,32H2,1-4H3;1H/q+1;/p-1. The van der Waals surface area contributed by atoms with Gasteiger partial charge in [-0.25, -0.2) is 0 Å². The minimum absolute atomic E-state index is 0. The van der Waals surface area contributed by atoms with Gasteiger partial charge in [0.1, 0.15) is 12.6 Å². The third-order valence-electron chi connectivity index (χ3n) is 7.23. The van der Waals surface area contributed by atoms with Crippen molar-refractivity contribution in [3.05, 3.63) is 0 Å². The van der Waals surface area contributed by atoms with Gasteiger partial charge >= 0.3 is 0 Å². The molecule has 0 heterocycles. The van der Waals surface area contributed by atoms with Crippen LogP contribution in [-0.4, -0.2) is 64.1 Å². The molecule has 0 aliphatic heterocycles. The van der Waals surface area contributed by atoms with Crippen LogP contribution in [0.15, 0.2) is 0 Å². The molecule has 0 aromatic heterocycles. The molecule has 4 nitrogen and oxygen atoms in total. The van der Waals surface area contributed by atoms with Crippen molar-refractivity contribution < 1.29 is 30.9 Å². The summed E-state index contributed by atoms with van der Waals surface area (Å²) in [5.41, 5.74) is 5.84. The molecule has 36 heavy (non-hydrogen) atoms. The Hall–Kier alpha value is 0.320. The summed E-state index contributed by atoms with van der Waals surface area (Å²) in [6.07, 6.45) is 27.5. The van der Waals surface area contributed by atoms with Crippen LogP contribution in [0.1, 0.15) is 142 Å². The Bertz CT molecular complexity index is 410. The highest BCUT2D eigenvalue weighted by molar-refractivity contribution is 4.58. The molecule has 0 spiro atoms. The molecule has 0 aromatic rings. The molecule has 0 fully saturated rings. The van der Waals surface area contributed by atoms with Crippen molar-refractivity contribution >= 4 is 0 Å². The van der Waals surface area contributed by atoms with Crippen LogP contribution in [0, 0.1) is 0 Å². The number of ether oxygens (including phenoxy) is 2. The van der Waals surface area contributed by atoms with Crippen molar-refractivity contribution in [2.75, 3.05) is 53.6 Å². The minimum atomic E-state index is 0. The van der Waals surface area contributed by atoms with Gasteiger partial charge in [0.15, 0.2) is 0 Å². The highest BCUT2D eigenvalue weighted by atomic mass is 79.9. The number of hydrogen-bond donors (Lipinski definition) is 1. The van der Waals surface area contributed by atoms with Gasteiger partial charge in [-0.1, -0.05) is 129 Å². The van der Waals surface area contributed by atoms with Crippen LogP contribution in [0.25, 0.3) is 0 Å². The average molecular weight is 580 g/mol. The zero-order valence-electron chi connectivity index (χ0n) is 25.2. The van der Waals surface area contributed by atoms with Crippen LogP contribution in [0.2, 0.25) is 0 Å². The van der Waals surface area contributed by atoms with Gasteiger partial charge < -0.3 is 36.7 Å². The summed E-state index contributed by atoms with van der Waals surface area (Å²) >= 11 is 0. The van der Waals surface area contributed by atoms with Gasteiger partial charge in [0, 0.05) is 19.8 Å². The van der Waals surface area contributed by atoms with Crippen LogP contribution < -0.4 is 22.7 Å². The second-order valence-electron chi connectivity index (χ2n) is 11.6. The van der Waals surface area contributed by atoms with Gasteiger partial charge in [0.05, 0.1) is 27.2 Å². The molecule has 2 N–H and O–H groups in total. The lowest BCUT2D eigenvalue weighted by Gasteiger charge is -2.33. The first-order valence-corrected chi connectivity index (χ1v) is 15.8. The van der Waals surface area contributed by atoms with Gasteiger partial charge in [-0.3, -0.25) is 0 Å². The van der Waals surface area contributed by atoms with E-state index in [2.05, 4.69) is 27.9 Å². The summed E-state index contributed by atoms with van der Waals surface area (Å²) in [6, 6.07) is 0. The number of nitrogens with zero attached hydrogens (tertiary/aromatic N) is 1. The third-order valence-corrected chi connectivity index (χ3v) is 7.23. The van der Waals surface area contributed by atoms with Gasteiger partial charge in [0.25, 0.3) is 0 Å². The smallest absolute Gasteiger partial charge is 0.130 e. The van der Waals surface area contributed by atoms with E-state index >= 15 is 0 Å². The maximum absolute atomic E-state index is 6.31. The molecule has 1 unspecified atom stereocenters.